The Morgan fingerprint density at radius 2 is 2.12 bits per heavy atom. The minimum absolute atomic E-state index is 0.0255. The molecule has 7 nitrogen and oxygen atoms in total. The number of hydrogen-bond acceptors (Lipinski definition) is 7. The molecular weight excluding hydrogens is 438 g/mol. The first-order chi connectivity index (χ1) is 12.2. The van der Waals surface area contributed by atoms with Gasteiger partial charge < -0.3 is 11.5 Å². The van der Waals surface area contributed by atoms with E-state index in [1.165, 1.54) is 18.4 Å². The average Bonchev–Trinajstić information content (AvgIpc) is 2.96. The predicted octanol–water partition coefficient (Wildman–Crippen LogP) is 1.65. The van der Waals surface area contributed by atoms with E-state index in [1.54, 1.807) is 19.3 Å². The molecule has 1 atom stereocenters. The number of aromatic nitrogens is 1. The summed E-state index contributed by atoms with van der Waals surface area (Å²) < 4.78 is 26.6. The van der Waals surface area contributed by atoms with E-state index in [9.17, 15) is 8.42 Å². The van der Waals surface area contributed by atoms with Crippen LogP contribution < -0.4 is 11.5 Å². The van der Waals surface area contributed by atoms with Gasteiger partial charge in [0.15, 0.2) is 0 Å². The van der Waals surface area contributed by atoms with Crippen LogP contribution in [0.5, 0.6) is 0 Å². The second-order valence-electron chi connectivity index (χ2n) is 5.99. The lowest BCUT2D eigenvalue weighted by atomic mass is 10.0. The van der Waals surface area contributed by atoms with Crippen molar-refractivity contribution in [3.05, 3.63) is 39.4 Å². The second-order valence-corrected chi connectivity index (χ2v) is 9.89. The molecule has 0 fully saturated rings. The lowest BCUT2D eigenvalue weighted by molar-refractivity contribution is 0.481. The lowest BCUT2D eigenvalue weighted by Crippen LogP contribution is -2.50. The van der Waals surface area contributed by atoms with Crippen LogP contribution >= 0.6 is 27.3 Å². The minimum atomic E-state index is -3.53. The van der Waals surface area contributed by atoms with Crippen molar-refractivity contribution in [3.63, 3.8) is 0 Å². The summed E-state index contributed by atoms with van der Waals surface area (Å²) in [5, 5.41) is 0. The van der Waals surface area contributed by atoms with E-state index in [4.69, 9.17) is 11.5 Å². The van der Waals surface area contributed by atoms with Crippen LogP contribution in [0.1, 0.15) is 17.4 Å². The Morgan fingerprint density at radius 1 is 1.38 bits per heavy atom. The number of hydrogen-bond donors (Lipinski definition) is 2. The average molecular weight is 454 g/mol. The Hall–Kier alpha value is -2.09. The number of nitrogens with zero attached hydrogens (tertiary/aromatic N) is 3. The number of sulfonamides is 1. The number of pyridine rings is 1. The van der Waals surface area contributed by atoms with Crippen molar-refractivity contribution in [1.29, 1.82) is 0 Å². The summed E-state index contributed by atoms with van der Waals surface area (Å²) in [6.45, 7) is 1.76. The molecule has 2 aromatic rings. The number of rotatable bonds is 2. The van der Waals surface area contributed by atoms with Gasteiger partial charge in [0.2, 0.25) is 16.0 Å². The molecule has 136 valence electrons. The fourth-order valence-electron chi connectivity index (χ4n) is 2.67. The predicted molar refractivity (Wildman–Crippen MR) is 107 cm³/mol. The van der Waals surface area contributed by atoms with Gasteiger partial charge in [0.25, 0.3) is 0 Å². The largest absolute Gasteiger partial charge is 0.369 e. The van der Waals surface area contributed by atoms with Gasteiger partial charge in [-0.05, 0) is 40.9 Å². The fourth-order valence-corrected chi connectivity index (χ4v) is 6.37. The smallest absolute Gasteiger partial charge is 0.239 e. The molecule has 2 aromatic heterocycles. The zero-order valence-corrected chi connectivity index (χ0v) is 17.2. The fraction of sp³-hybridized carbons (Fsp3) is 0.250. The highest BCUT2D eigenvalue weighted by molar-refractivity contribution is 9.10. The summed E-state index contributed by atoms with van der Waals surface area (Å²) in [5.41, 5.74) is 11.7. The van der Waals surface area contributed by atoms with Gasteiger partial charge in [0, 0.05) is 50.8 Å². The van der Waals surface area contributed by atoms with Crippen LogP contribution in [0.25, 0.3) is 10.4 Å². The maximum Gasteiger partial charge on any atom is 0.239 e. The summed E-state index contributed by atoms with van der Waals surface area (Å²) in [5.74, 6) is 2.58. The number of halogens is 1. The van der Waals surface area contributed by atoms with E-state index in [2.05, 4.69) is 37.9 Å². The highest BCUT2D eigenvalue weighted by Crippen LogP contribution is 2.44. The van der Waals surface area contributed by atoms with Crippen LogP contribution in [0, 0.1) is 12.0 Å². The molecule has 0 radical (unpaired) electrons. The van der Waals surface area contributed by atoms with Crippen molar-refractivity contribution in [3.8, 4) is 22.4 Å². The van der Waals surface area contributed by atoms with Crippen molar-refractivity contribution in [1.82, 2.24) is 9.29 Å². The van der Waals surface area contributed by atoms with Crippen molar-refractivity contribution >= 4 is 43.2 Å². The summed E-state index contributed by atoms with van der Waals surface area (Å²) in [6, 6.07) is 6.15. The normalized spacial score (nSPS) is 21.7. The Kier molecular flexibility index (Phi) is 4.72. The standard InChI is InChI=1S/C16H16BrN5O2S2/c1-16(9-26(23,24)22(2)15(19)21-16)14-12(17)6-13(25-14)11-5-10(3-4-18)7-20-8-11/h5-8H,9,18H2,1-2H3,(H2,19,21)/t16-/m0/s1. The third kappa shape index (κ3) is 3.30. The van der Waals surface area contributed by atoms with Gasteiger partial charge in [-0.3, -0.25) is 4.98 Å². The molecule has 0 amide bonds. The van der Waals surface area contributed by atoms with Gasteiger partial charge in [0.05, 0.1) is 5.75 Å². The van der Waals surface area contributed by atoms with Crippen molar-refractivity contribution < 1.29 is 8.42 Å². The van der Waals surface area contributed by atoms with Gasteiger partial charge in [-0.2, -0.15) is 0 Å². The number of nitrogens with two attached hydrogens (primary N) is 2. The molecule has 3 rings (SSSR count). The third-order valence-electron chi connectivity index (χ3n) is 3.98. The summed E-state index contributed by atoms with van der Waals surface area (Å²) in [6.07, 6.45) is 3.35. The monoisotopic (exact) mass is 453 g/mol. The van der Waals surface area contributed by atoms with Crippen LogP contribution in [0.4, 0.5) is 0 Å². The van der Waals surface area contributed by atoms with Crippen LogP contribution in [0.2, 0.25) is 0 Å². The van der Waals surface area contributed by atoms with Crippen LogP contribution in [-0.2, 0) is 15.6 Å². The molecule has 0 spiro atoms. The molecule has 4 N–H and O–H groups in total. The summed E-state index contributed by atoms with van der Waals surface area (Å²) in [4.78, 5) is 10.3. The Labute approximate surface area is 164 Å². The minimum Gasteiger partial charge on any atom is -0.369 e. The molecule has 1 aliphatic heterocycles. The molecule has 10 heteroatoms. The molecule has 0 bridgehead atoms. The van der Waals surface area contributed by atoms with Crippen molar-refractivity contribution in [2.75, 3.05) is 12.8 Å². The first-order valence-corrected chi connectivity index (χ1v) is 10.7. The van der Waals surface area contributed by atoms with E-state index in [0.717, 1.165) is 24.1 Å². The number of aliphatic imine (C=N–C) groups is 1. The summed E-state index contributed by atoms with van der Waals surface area (Å²) >= 11 is 4.97. The van der Waals surface area contributed by atoms with Gasteiger partial charge in [-0.25, -0.2) is 17.7 Å². The molecule has 26 heavy (non-hydrogen) atoms. The molecule has 0 saturated heterocycles. The Bertz CT molecular complexity index is 1070. The quantitative estimate of drug-likeness (QED) is 0.529. The maximum absolute atomic E-state index is 12.4. The van der Waals surface area contributed by atoms with Crippen molar-refractivity contribution in [2.45, 2.75) is 12.5 Å². The van der Waals surface area contributed by atoms with Gasteiger partial charge in [-0.15, -0.1) is 11.3 Å². The molecular formula is C16H16BrN5O2S2. The molecule has 0 aromatic carbocycles. The summed E-state index contributed by atoms with van der Waals surface area (Å²) in [7, 11) is -2.13. The molecule has 3 heterocycles. The van der Waals surface area contributed by atoms with Crippen LogP contribution in [0.3, 0.4) is 0 Å². The zero-order chi connectivity index (χ0) is 19.1. The molecule has 0 saturated carbocycles. The lowest BCUT2D eigenvalue weighted by Gasteiger charge is -2.33. The molecule has 0 unspecified atom stereocenters. The first-order valence-electron chi connectivity index (χ1n) is 7.45. The topological polar surface area (TPSA) is 115 Å². The van der Waals surface area contributed by atoms with E-state index in [1.807, 2.05) is 12.1 Å². The van der Waals surface area contributed by atoms with Gasteiger partial charge in [-0.1, -0.05) is 0 Å². The van der Waals surface area contributed by atoms with E-state index >= 15 is 0 Å². The Balaban J connectivity index is 2.09. The van der Waals surface area contributed by atoms with Gasteiger partial charge in [0.1, 0.15) is 5.54 Å². The zero-order valence-electron chi connectivity index (χ0n) is 14.0. The Morgan fingerprint density at radius 3 is 2.77 bits per heavy atom. The highest BCUT2D eigenvalue weighted by Gasteiger charge is 2.42. The van der Waals surface area contributed by atoms with Crippen LogP contribution in [-0.4, -0.2) is 36.5 Å². The van der Waals surface area contributed by atoms with E-state index in [-0.39, 0.29) is 11.7 Å². The van der Waals surface area contributed by atoms with Crippen molar-refractivity contribution in [2.24, 2.45) is 16.5 Å². The maximum atomic E-state index is 12.4. The number of thiophene rings is 1. The SMILES string of the molecule is CN1C(N)=N[C@](C)(c2sc(-c3cncc(C#CN)c3)cc2Br)CS1(=O)=O. The molecule has 0 aliphatic carbocycles. The molecule has 1 aliphatic rings. The van der Waals surface area contributed by atoms with Gasteiger partial charge >= 0.3 is 0 Å². The van der Waals surface area contributed by atoms with E-state index in [0.29, 0.717) is 5.56 Å². The van der Waals surface area contributed by atoms with E-state index < -0.39 is 15.6 Å². The second kappa shape index (κ2) is 6.57. The number of guanidine groups is 1. The van der Waals surface area contributed by atoms with Crippen LogP contribution in [0.15, 0.2) is 34.0 Å². The highest BCUT2D eigenvalue weighted by atomic mass is 79.9. The third-order valence-corrected chi connectivity index (χ3v) is 8.25. The first kappa shape index (κ1) is 18.7.